The SMILES string of the molecule is Cn1cc(C2CC(=O)NC23CCN(CC2CCOCC2)CC3)cn1. The molecule has 0 bridgehead atoms. The van der Waals surface area contributed by atoms with Crippen LogP contribution in [0.5, 0.6) is 0 Å². The van der Waals surface area contributed by atoms with Crippen LogP contribution in [-0.2, 0) is 16.6 Å². The molecule has 1 N–H and O–H groups in total. The summed E-state index contributed by atoms with van der Waals surface area (Å²) in [5.41, 5.74) is 1.14. The lowest BCUT2D eigenvalue weighted by atomic mass is 9.75. The Labute approximate surface area is 143 Å². The number of carbonyl (C=O) groups excluding carboxylic acids is 1. The van der Waals surface area contributed by atoms with E-state index >= 15 is 0 Å². The minimum atomic E-state index is -0.0632. The Hall–Kier alpha value is -1.40. The van der Waals surface area contributed by atoms with Gasteiger partial charge in [0.05, 0.1) is 6.20 Å². The van der Waals surface area contributed by atoms with E-state index in [2.05, 4.69) is 21.5 Å². The molecule has 0 aliphatic carbocycles. The van der Waals surface area contributed by atoms with Crippen molar-refractivity contribution in [2.75, 3.05) is 32.8 Å². The van der Waals surface area contributed by atoms with E-state index in [1.165, 1.54) is 24.9 Å². The molecule has 24 heavy (non-hydrogen) atoms. The minimum absolute atomic E-state index is 0.0632. The Balaban J connectivity index is 1.41. The van der Waals surface area contributed by atoms with Crippen molar-refractivity contribution in [2.24, 2.45) is 13.0 Å². The van der Waals surface area contributed by atoms with Crippen LogP contribution in [0.1, 0.15) is 43.6 Å². The fraction of sp³-hybridized carbons (Fsp3) is 0.778. The Morgan fingerprint density at radius 3 is 2.75 bits per heavy atom. The van der Waals surface area contributed by atoms with Gasteiger partial charge in [-0.3, -0.25) is 9.48 Å². The molecule has 0 aromatic carbocycles. The van der Waals surface area contributed by atoms with Gasteiger partial charge in [-0.2, -0.15) is 5.10 Å². The molecule has 1 atom stereocenters. The molecule has 1 unspecified atom stereocenters. The third kappa shape index (κ3) is 3.09. The summed E-state index contributed by atoms with van der Waals surface area (Å²) >= 11 is 0. The van der Waals surface area contributed by atoms with E-state index in [-0.39, 0.29) is 17.4 Å². The first-order valence-corrected chi connectivity index (χ1v) is 9.24. The predicted octanol–water partition coefficient (Wildman–Crippen LogP) is 1.28. The Morgan fingerprint density at radius 2 is 2.08 bits per heavy atom. The number of carbonyl (C=O) groups is 1. The molecule has 6 heteroatoms. The highest BCUT2D eigenvalue weighted by Gasteiger charge is 2.49. The summed E-state index contributed by atoms with van der Waals surface area (Å²) in [5, 5.41) is 7.64. The molecular weight excluding hydrogens is 304 g/mol. The van der Waals surface area contributed by atoms with Gasteiger partial charge in [-0.05, 0) is 37.2 Å². The van der Waals surface area contributed by atoms with Crippen LogP contribution in [0.3, 0.4) is 0 Å². The standard InChI is InChI=1S/C18H28N4O2/c1-21-13-15(11-19-21)16-10-17(23)20-18(16)4-6-22(7-5-18)12-14-2-8-24-9-3-14/h11,13-14,16H,2-10,12H2,1H3,(H,20,23). The molecule has 3 aliphatic rings. The van der Waals surface area contributed by atoms with Gasteiger partial charge in [0.25, 0.3) is 0 Å². The molecular formula is C18H28N4O2. The number of piperidine rings is 1. The highest BCUT2D eigenvalue weighted by Crippen LogP contribution is 2.43. The molecule has 132 valence electrons. The first-order valence-electron chi connectivity index (χ1n) is 9.24. The molecule has 0 saturated carbocycles. The Bertz CT molecular complexity index is 586. The zero-order chi connectivity index (χ0) is 16.6. The van der Waals surface area contributed by atoms with Crippen molar-refractivity contribution in [1.82, 2.24) is 20.0 Å². The number of amides is 1. The van der Waals surface area contributed by atoms with Gasteiger partial charge in [0, 0.05) is 64.0 Å². The van der Waals surface area contributed by atoms with Crippen molar-refractivity contribution >= 4 is 5.91 Å². The molecule has 3 aliphatic heterocycles. The third-order valence-electron chi connectivity index (χ3n) is 6.18. The molecule has 1 aromatic heterocycles. The van der Waals surface area contributed by atoms with E-state index in [4.69, 9.17) is 4.74 Å². The molecule has 0 radical (unpaired) electrons. The van der Waals surface area contributed by atoms with Gasteiger partial charge in [-0.1, -0.05) is 0 Å². The summed E-state index contributed by atoms with van der Waals surface area (Å²) in [6.45, 7) is 5.18. The summed E-state index contributed by atoms with van der Waals surface area (Å²) < 4.78 is 7.31. The predicted molar refractivity (Wildman–Crippen MR) is 90.7 cm³/mol. The average molecular weight is 332 g/mol. The number of ether oxygens (including phenoxy) is 1. The van der Waals surface area contributed by atoms with Crippen LogP contribution in [0.4, 0.5) is 0 Å². The van der Waals surface area contributed by atoms with E-state index in [0.29, 0.717) is 6.42 Å². The zero-order valence-electron chi connectivity index (χ0n) is 14.5. The number of hydrogen-bond acceptors (Lipinski definition) is 4. The number of hydrogen-bond donors (Lipinski definition) is 1. The Morgan fingerprint density at radius 1 is 1.33 bits per heavy atom. The summed E-state index contributed by atoms with van der Waals surface area (Å²) in [5.74, 6) is 1.24. The van der Waals surface area contributed by atoms with Crippen molar-refractivity contribution in [3.63, 3.8) is 0 Å². The van der Waals surface area contributed by atoms with Crippen LogP contribution >= 0.6 is 0 Å². The number of nitrogens with one attached hydrogen (secondary N) is 1. The highest BCUT2D eigenvalue weighted by molar-refractivity contribution is 5.81. The van der Waals surface area contributed by atoms with Gasteiger partial charge in [0.15, 0.2) is 0 Å². The smallest absolute Gasteiger partial charge is 0.221 e. The maximum absolute atomic E-state index is 12.1. The lowest BCUT2D eigenvalue weighted by Crippen LogP contribution is -2.54. The van der Waals surface area contributed by atoms with E-state index in [0.717, 1.165) is 45.1 Å². The van der Waals surface area contributed by atoms with Crippen LogP contribution in [-0.4, -0.2) is 59.0 Å². The second-order valence-electron chi connectivity index (χ2n) is 7.76. The lowest BCUT2D eigenvalue weighted by Gasteiger charge is -2.43. The summed E-state index contributed by atoms with van der Waals surface area (Å²) in [6, 6.07) is 0. The number of nitrogens with zero attached hydrogens (tertiary/aromatic N) is 3. The van der Waals surface area contributed by atoms with Gasteiger partial charge in [-0.25, -0.2) is 0 Å². The molecule has 1 spiro atoms. The molecule has 4 heterocycles. The van der Waals surface area contributed by atoms with E-state index in [1.54, 1.807) is 0 Å². The fourth-order valence-corrected chi connectivity index (χ4v) is 4.76. The van der Waals surface area contributed by atoms with Crippen molar-refractivity contribution in [3.8, 4) is 0 Å². The quantitative estimate of drug-likeness (QED) is 0.906. The Kier molecular flexibility index (Phi) is 4.35. The second-order valence-corrected chi connectivity index (χ2v) is 7.76. The number of aryl methyl sites for hydroxylation is 1. The maximum atomic E-state index is 12.1. The number of rotatable bonds is 3. The van der Waals surface area contributed by atoms with Crippen LogP contribution < -0.4 is 5.32 Å². The molecule has 6 nitrogen and oxygen atoms in total. The molecule has 1 aromatic rings. The second kappa shape index (κ2) is 6.48. The van der Waals surface area contributed by atoms with Crippen molar-refractivity contribution in [3.05, 3.63) is 18.0 Å². The van der Waals surface area contributed by atoms with E-state index < -0.39 is 0 Å². The normalized spacial score (nSPS) is 28.4. The van der Waals surface area contributed by atoms with Crippen LogP contribution in [0.25, 0.3) is 0 Å². The summed E-state index contributed by atoms with van der Waals surface area (Å²) in [4.78, 5) is 14.7. The van der Waals surface area contributed by atoms with E-state index in [9.17, 15) is 4.79 Å². The first kappa shape index (κ1) is 16.1. The number of likely N-dealkylation sites (tertiary alicyclic amines) is 1. The van der Waals surface area contributed by atoms with Gasteiger partial charge in [0.2, 0.25) is 5.91 Å². The largest absolute Gasteiger partial charge is 0.381 e. The van der Waals surface area contributed by atoms with Gasteiger partial charge < -0.3 is 15.0 Å². The molecule has 1 amide bonds. The van der Waals surface area contributed by atoms with Gasteiger partial charge >= 0.3 is 0 Å². The maximum Gasteiger partial charge on any atom is 0.221 e. The van der Waals surface area contributed by atoms with Crippen LogP contribution in [0.15, 0.2) is 12.4 Å². The van der Waals surface area contributed by atoms with Gasteiger partial charge in [0.1, 0.15) is 0 Å². The minimum Gasteiger partial charge on any atom is -0.381 e. The topological polar surface area (TPSA) is 59.4 Å². The zero-order valence-corrected chi connectivity index (χ0v) is 14.5. The van der Waals surface area contributed by atoms with Crippen molar-refractivity contribution < 1.29 is 9.53 Å². The third-order valence-corrected chi connectivity index (χ3v) is 6.18. The van der Waals surface area contributed by atoms with E-state index in [1.807, 2.05) is 17.9 Å². The lowest BCUT2D eigenvalue weighted by molar-refractivity contribution is -0.120. The monoisotopic (exact) mass is 332 g/mol. The average Bonchev–Trinajstić information content (AvgIpc) is 3.14. The van der Waals surface area contributed by atoms with Crippen LogP contribution in [0.2, 0.25) is 0 Å². The molecule has 4 rings (SSSR count). The summed E-state index contributed by atoms with van der Waals surface area (Å²) in [6.07, 6.45) is 9.07. The van der Waals surface area contributed by atoms with Crippen LogP contribution in [0, 0.1) is 5.92 Å². The molecule has 3 fully saturated rings. The van der Waals surface area contributed by atoms with Crippen molar-refractivity contribution in [1.29, 1.82) is 0 Å². The first-order chi connectivity index (χ1) is 11.6. The highest BCUT2D eigenvalue weighted by atomic mass is 16.5. The van der Waals surface area contributed by atoms with Crippen molar-refractivity contribution in [2.45, 2.75) is 43.6 Å². The fourth-order valence-electron chi connectivity index (χ4n) is 4.76. The molecule has 3 saturated heterocycles. The number of aromatic nitrogens is 2. The van der Waals surface area contributed by atoms with Gasteiger partial charge in [-0.15, -0.1) is 0 Å². The summed E-state index contributed by atoms with van der Waals surface area (Å²) in [7, 11) is 1.94.